The first-order valence-electron chi connectivity index (χ1n) is 5.59. The van der Waals surface area contributed by atoms with Gasteiger partial charge in [-0.05, 0) is 30.2 Å². The van der Waals surface area contributed by atoms with Crippen molar-refractivity contribution in [3.63, 3.8) is 0 Å². The molecule has 88 valence electrons. The highest BCUT2D eigenvalue weighted by molar-refractivity contribution is 7.08. The summed E-state index contributed by atoms with van der Waals surface area (Å²) < 4.78 is 0. The Kier molecular flexibility index (Phi) is 3.30. The lowest BCUT2D eigenvalue weighted by Gasteiger charge is -2.34. The molecule has 1 saturated heterocycles. The Labute approximate surface area is 99.7 Å². The highest BCUT2D eigenvalue weighted by Crippen LogP contribution is 2.21. The van der Waals surface area contributed by atoms with E-state index in [4.69, 9.17) is 0 Å². The summed E-state index contributed by atoms with van der Waals surface area (Å²) in [6.45, 7) is 5.21. The van der Waals surface area contributed by atoms with Crippen molar-refractivity contribution < 1.29 is 9.90 Å². The summed E-state index contributed by atoms with van der Waals surface area (Å²) in [6, 6.07) is 0. The molecule has 2 atom stereocenters. The van der Waals surface area contributed by atoms with Crippen LogP contribution in [0.1, 0.15) is 29.3 Å². The third-order valence-corrected chi connectivity index (χ3v) is 4.15. The maximum atomic E-state index is 12.2. The lowest BCUT2D eigenvalue weighted by atomic mass is 9.95. The van der Waals surface area contributed by atoms with Crippen molar-refractivity contribution in [1.29, 1.82) is 0 Å². The Morgan fingerprint density at radius 2 is 2.31 bits per heavy atom. The average Bonchev–Trinajstić information content (AvgIpc) is 2.67. The van der Waals surface area contributed by atoms with E-state index in [0.29, 0.717) is 12.5 Å². The molecule has 16 heavy (non-hydrogen) atoms. The summed E-state index contributed by atoms with van der Waals surface area (Å²) in [4.78, 5) is 13.9. The van der Waals surface area contributed by atoms with Gasteiger partial charge in [-0.15, -0.1) is 0 Å². The average molecular weight is 239 g/mol. The van der Waals surface area contributed by atoms with Crippen LogP contribution in [0.3, 0.4) is 0 Å². The SMILES string of the molecule is Cc1cscc1C(=O)N1CCC(C)C(O)C1. The molecule has 1 aliphatic rings. The lowest BCUT2D eigenvalue weighted by molar-refractivity contribution is 0.0248. The van der Waals surface area contributed by atoms with Gasteiger partial charge < -0.3 is 10.0 Å². The fourth-order valence-electron chi connectivity index (χ4n) is 1.98. The van der Waals surface area contributed by atoms with Crippen molar-refractivity contribution >= 4 is 17.2 Å². The number of carbonyl (C=O) groups excluding carboxylic acids is 1. The van der Waals surface area contributed by atoms with E-state index < -0.39 is 0 Å². The second-order valence-electron chi connectivity index (χ2n) is 4.55. The van der Waals surface area contributed by atoms with Crippen LogP contribution in [-0.2, 0) is 0 Å². The monoisotopic (exact) mass is 239 g/mol. The number of hydrogen-bond acceptors (Lipinski definition) is 3. The number of piperidine rings is 1. The summed E-state index contributed by atoms with van der Waals surface area (Å²) in [6.07, 6.45) is 0.507. The van der Waals surface area contributed by atoms with Crippen molar-refractivity contribution in [2.45, 2.75) is 26.4 Å². The van der Waals surface area contributed by atoms with Gasteiger partial charge in [-0.1, -0.05) is 6.92 Å². The third-order valence-electron chi connectivity index (χ3n) is 3.29. The minimum atomic E-state index is -0.378. The highest BCUT2D eigenvalue weighted by atomic mass is 32.1. The first-order chi connectivity index (χ1) is 7.59. The Morgan fingerprint density at radius 1 is 1.56 bits per heavy atom. The normalized spacial score (nSPS) is 25.8. The standard InChI is InChI=1S/C12H17NO2S/c1-8-3-4-13(5-11(8)14)12(15)10-7-16-6-9(10)2/h6-8,11,14H,3-5H2,1-2H3. The van der Waals surface area contributed by atoms with Gasteiger partial charge in [0.05, 0.1) is 11.7 Å². The van der Waals surface area contributed by atoms with Crippen molar-refractivity contribution in [3.05, 3.63) is 21.9 Å². The Balaban J connectivity index is 2.09. The number of hydrogen-bond donors (Lipinski definition) is 1. The van der Waals surface area contributed by atoms with Crippen LogP contribution >= 0.6 is 11.3 Å². The number of carbonyl (C=O) groups is 1. The number of aliphatic hydroxyl groups excluding tert-OH is 1. The molecule has 3 nitrogen and oxygen atoms in total. The molecule has 2 unspecified atom stereocenters. The minimum Gasteiger partial charge on any atom is -0.391 e. The van der Waals surface area contributed by atoms with E-state index in [0.717, 1.165) is 24.1 Å². The van der Waals surface area contributed by atoms with Crippen molar-refractivity contribution in [1.82, 2.24) is 4.90 Å². The van der Waals surface area contributed by atoms with E-state index >= 15 is 0 Å². The minimum absolute atomic E-state index is 0.0599. The number of aryl methyl sites for hydroxylation is 1. The molecule has 0 bridgehead atoms. The predicted molar refractivity (Wildman–Crippen MR) is 64.7 cm³/mol. The first-order valence-corrected chi connectivity index (χ1v) is 6.54. The molecule has 0 saturated carbocycles. The zero-order valence-electron chi connectivity index (χ0n) is 9.64. The van der Waals surface area contributed by atoms with Crippen LogP contribution in [0.15, 0.2) is 10.8 Å². The van der Waals surface area contributed by atoms with Gasteiger partial charge in [0.1, 0.15) is 0 Å². The quantitative estimate of drug-likeness (QED) is 0.813. The smallest absolute Gasteiger partial charge is 0.255 e. The van der Waals surface area contributed by atoms with Crippen LogP contribution in [0.2, 0.25) is 0 Å². The van der Waals surface area contributed by atoms with E-state index in [2.05, 4.69) is 0 Å². The Morgan fingerprint density at radius 3 is 2.88 bits per heavy atom. The fraction of sp³-hybridized carbons (Fsp3) is 0.583. The lowest BCUT2D eigenvalue weighted by Crippen LogP contribution is -2.45. The van der Waals surface area contributed by atoms with Gasteiger partial charge >= 0.3 is 0 Å². The van der Waals surface area contributed by atoms with E-state index in [-0.39, 0.29) is 12.0 Å². The largest absolute Gasteiger partial charge is 0.391 e. The summed E-state index contributed by atoms with van der Waals surface area (Å²) >= 11 is 1.55. The zero-order valence-corrected chi connectivity index (χ0v) is 10.5. The van der Waals surface area contributed by atoms with Crippen LogP contribution in [0, 0.1) is 12.8 Å². The molecule has 1 amide bonds. The third kappa shape index (κ3) is 2.13. The molecule has 1 aromatic rings. The number of thiophene rings is 1. The van der Waals surface area contributed by atoms with Gasteiger partial charge in [0.25, 0.3) is 5.91 Å². The van der Waals surface area contributed by atoms with Crippen molar-refractivity contribution in [2.75, 3.05) is 13.1 Å². The number of β-amino-alcohol motifs (C(OH)–C–C–N with tert-alkyl or cyclic N) is 1. The number of likely N-dealkylation sites (tertiary alicyclic amines) is 1. The molecule has 1 aliphatic heterocycles. The van der Waals surface area contributed by atoms with Crippen molar-refractivity contribution in [3.8, 4) is 0 Å². The van der Waals surface area contributed by atoms with E-state index in [1.54, 1.807) is 16.2 Å². The van der Waals surface area contributed by atoms with E-state index in [9.17, 15) is 9.90 Å². The van der Waals surface area contributed by atoms with Gasteiger partial charge in [0.15, 0.2) is 0 Å². The van der Waals surface area contributed by atoms with E-state index in [1.165, 1.54) is 0 Å². The molecule has 0 radical (unpaired) electrons. The molecular formula is C12H17NO2S. The maximum absolute atomic E-state index is 12.2. The Bertz CT molecular complexity index is 388. The van der Waals surface area contributed by atoms with Gasteiger partial charge in [0.2, 0.25) is 0 Å². The Hall–Kier alpha value is -0.870. The van der Waals surface area contributed by atoms with Crippen LogP contribution in [0.4, 0.5) is 0 Å². The molecular weight excluding hydrogens is 222 g/mol. The molecule has 2 heterocycles. The highest BCUT2D eigenvalue weighted by Gasteiger charge is 2.28. The van der Waals surface area contributed by atoms with Gasteiger partial charge in [-0.3, -0.25) is 4.79 Å². The van der Waals surface area contributed by atoms with Crippen molar-refractivity contribution in [2.24, 2.45) is 5.92 Å². The number of nitrogens with zero attached hydrogens (tertiary/aromatic N) is 1. The first kappa shape index (κ1) is 11.6. The van der Waals surface area contributed by atoms with Crippen LogP contribution < -0.4 is 0 Å². The molecule has 2 rings (SSSR count). The summed E-state index contributed by atoms with van der Waals surface area (Å²) in [5.41, 5.74) is 1.81. The summed E-state index contributed by atoms with van der Waals surface area (Å²) in [5, 5.41) is 13.6. The molecule has 0 spiro atoms. The zero-order chi connectivity index (χ0) is 11.7. The fourth-order valence-corrected chi connectivity index (χ4v) is 2.81. The topological polar surface area (TPSA) is 40.5 Å². The maximum Gasteiger partial charge on any atom is 0.255 e. The van der Waals surface area contributed by atoms with Gasteiger partial charge in [-0.2, -0.15) is 11.3 Å². The second kappa shape index (κ2) is 4.55. The van der Waals surface area contributed by atoms with Gasteiger partial charge in [-0.25, -0.2) is 0 Å². The summed E-state index contributed by atoms with van der Waals surface area (Å²) in [5.74, 6) is 0.359. The molecule has 4 heteroatoms. The van der Waals surface area contributed by atoms with Crippen LogP contribution in [-0.4, -0.2) is 35.1 Å². The van der Waals surface area contributed by atoms with E-state index in [1.807, 2.05) is 24.6 Å². The molecule has 1 N–H and O–H groups in total. The molecule has 0 aromatic carbocycles. The summed E-state index contributed by atoms with van der Waals surface area (Å²) in [7, 11) is 0. The number of aliphatic hydroxyl groups is 1. The number of rotatable bonds is 1. The van der Waals surface area contributed by atoms with Gasteiger partial charge in [0, 0.05) is 18.5 Å². The molecule has 0 aliphatic carbocycles. The van der Waals surface area contributed by atoms with Crippen LogP contribution in [0.25, 0.3) is 0 Å². The van der Waals surface area contributed by atoms with Crippen LogP contribution in [0.5, 0.6) is 0 Å². The molecule has 1 fully saturated rings. The molecule has 1 aromatic heterocycles. The predicted octanol–water partition coefficient (Wildman–Crippen LogP) is 1.90. The second-order valence-corrected chi connectivity index (χ2v) is 5.30. The number of amides is 1.